The first-order valence-electron chi connectivity index (χ1n) is 8.39. The number of nitrogens with zero attached hydrogens (tertiary/aromatic N) is 4. The Balaban J connectivity index is 1.68. The Morgan fingerprint density at radius 2 is 2.08 bits per heavy atom. The third-order valence-electron chi connectivity index (χ3n) is 3.90. The number of rotatable bonds is 6. The number of aromatic nitrogens is 3. The molecule has 0 radical (unpaired) electrons. The van der Waals surface area contributed by atoms with Gasteiger partial charge in [0.1, 0.15) is 9.88 Å². The van der Waals surface area contributed by atoms with Crippen LogP contribution in [-0.4, -0.2) is 39.7 Å². The Labute approximate surface area is 157 Å². The molecule has 0 atom stereocenters. The van der Waals surface area contributed by atoms with Crippen molar-refractivity contribution in [1.82, 2.24) is 25.0 Å². The minimum Gasteiger partial charge on any atom is -0.347 e. The minimum absolute atomic E-state index is 0.0897. The van der Waals surface area contributed by atoms with E-state index in [9.17, 15) is 4.79 Å². The van der Waals surface area contributed by atoms with Crippen molar-refractivity contribution in [2.45, 2.75) is 20.0 Å². The molecule has 136 valence electrons. The fourth-order valence-electron chi connectivity index (χ4n) is 2.73. The molecule has 0 saturated carbocycles. The van der Waals surface area contributed by atoms with E-state index in [1.165, 1.54) is 16.9 Å². The molecule has 0 unspecified atom stereocenters. The molecule has 2 aromatic heterocycles. The van der Waals surface area contributed by atoms with Crippen LogP contribution in [-0.2, 0) is 20.1 Å². The summed E-state index contributed by atoms with van der Waals surface area (Å²) >= 11 is 1.40. The molecule has 0 aliphatic carbocycles. The highest BCUT2D eigenvalue weighted by atomic mass is 32.1. The highest BCUT2D eigenvalue weighted by Gasteiger charge is 2.16. The van der Waals surface area contributed by atoms with Crippen LogP contribution in [0.4, 0.5) is 0 Å². The molecule has 6 nitrogen and oxygen atoms in total. The maximum Gasteiger partial charge on any atom is 0.263 e. The van der Waals surface area contributed by atoms with E-state index in [-0.39, 0.29) is 5.91 Å². The predicted octanol–water partition coefficient (Wildman–Crippen LogP) is 2.84. The largest absolute Gasteiger partial charge is 0.347 e. The van der Waals surface area contributed by atoms with Gasteiger partial charge in [-0.1, -0.05) is 24.3 Å². The summed E-state index contributed by atoms with van der Waals surface area (Å²) in [4.78, 5) is 19.9. The number of amides is 1. The Morgan fingerprint density at radius 1 is 1.31 bits per heavy atom. The first-order chi connectivity index (χ1) is 12.4. The fourth-order valence-corrected chi connectivity index (χ4v) is 3.69. The molecular formula is C19H23N5OS. The lowest BCUT2D eigenvalue weighted by Gasteiger charge is -2.11. The zero-order chi connectivity index (χ0) is 18.7. The lowest BCUT2D eigenvalue weighted by molar-refractivity contribution is 0.0954. The summed E-state index contributed by atoms with van der Waals surface area (Å²) in [6.45, 7) is 3.24. The molecule has 1 N–H and O–H groups in total. The van der Waals surface area contributed by atoms with Crippen LogP contribution in [0.2, 0.25) is 0 Å². The van der Waals surface area contributed by atoms with Crippen LogP contribution in [0, 0.1) is 6.92 Å². The van der Waals surface area contributed by atoms with Crippen LogP contribution in [0.1, 0.15) is 26.5 Å². The molecule has 0 saturated heterocycles. The van der Waals surface area contributed by atoms with Crippen molar-refractivity contribution in [1.29, 1.82) is 0 Å². The Bertz CT molecular complexity index is 912. The highest BCUT2D eigenvalue weighted by Crippen LogP contribution is 2.27. The van der Waals surface area contributed by atoms with E-state index in [4.69, 9.17) is 0 Å². The zero-order valence-electron chi connectivity index (χ0n) is 15.5. The Kier molecular flexibility index (Phi) is 5.49. The number of benzene rings is 1. The van der Waals surface area contributed by atoms with Gasteiger partial charge in [0.05, 0.1) is 11.9 Å². The number of carbonyl (C=O) groups excluding carboxylic acids is 1. The van der Waals surface area contributed by atoms with Gasteiger partial charge in [0.2, 0.25) is 0 Å². The van der Waals surface area contributed by atoms with Gasteiger partial charge in [0, 0.05) is 31.9 Å². The Hall–Kier alpha value is -2.51. The molecule has 0 fully saturated rings. The molecule has 3 rings (SSSR count). The smallest absolute Gasteiger partial charge is 0.263 e. The van der Waals surface area contributed by atoms with Gasteiger partial charge < -0.3 is 10.2 Å². The van der Waals surface area contributed by atoms with Crippen molar-refractivity contribution in [2.75, 3.05) is 14.1 Å². The second kappa shape index (κ2) is 7.80. The molecule has 2 heterocycles. The van der Waals surface area contributed by atoms with Crippen LogP contribution in [0.15, 0.2) is 36.7 Å². The van der Waals surface area contributed by atoms with E-state index in [1.807, 2.05) is 46.4 Å². The molecule has 0 aliphatic rings. The predicted molar refractivity (Wildman–Crippen MR) is 104 cm³/mol. The molecule has 0 aliphatic heterocycles. The van der Waals surface area contributed by atoms with E-state index in [1.54, 1.807) is 10.9 Å². The summed E-state index contributed by atoms with van der Waals surface area (Å²) in [6, 6.07) is 8.28. The first kappa shape index (κ1) is 18.3. The fraction of sp³-hybridized carbons (Fsp3) is 0.316. The van der Waals surface area contributed by atoms with Crippen LogP contribution < -0.4 is 5.32 Å². The molecule has 0 bridgehead atoms. The maximum absolute atomic E-state index is 12.6. The average molecular weight is 369 g/mol. The van der Waals surface area contributed by atoms with E-state index in [0.29, 0.717) is 11.4 Å². The molecular weight excluding hydrogens is 346 g/mol. The normalized spacial score (nSPS) is 11.1. The summed E-state index contributed by atoms with van der Waals surface area (Å²) in [5.74, 6) is -0.0897. The summed E-state index contributed by atoms with van der Waals surface area (Å²) in [7, 11) is 5.95. The van der Waals surface area contributed by atoms with Crippen molar-refractivity contribution in [3.63, 3.8) is 0 Å². The quantitative estimate of drug-likeness (QED) is 0.726. The van der Waals surface area contributed by atoms with Gasteiger partial charge in [-0.25, -0.2) is 4.98 Å². The number of carbonyl (C=O) groups is 1. The number of aryl methyl sites for hydroxylation is 2. The molecule has 1 aromatic carbocycles. The van der Waals surface area contributed by atoms with Crippen molar-refractivity contribution in [3.05, 3.63) is 58.4 Å². The van der Waals surface area contributed by atoms with E-state index in [2.05, 4.69) is 32.4 Å². The van der Waals surface area contributed by atoms with Crippen LogP contribution >= 0.6 is 11.3 Å². The number of thiazole rings is 1. The van der Waals surface area contributed by atoms with E-state index < -0.39 is 0 Å². The lowest BCUT2D eigenvalue weighted by Crippen LogP contribution is -2.22. The van der Waals surface area contributed by atoms with E-state index in [0.717, 1.165) is 28.4 Å². The van der Waals surface area contributed by atoms with Gasteiger partial charge in [0.15, 0.2) is 0 Å². The molecule has 7 heteroatoms. The third-order valence-corrected chi connectivity index (χ3v) is 5.10. The van der Waals surface area contributed by atoms with Gasteiger partial charge in [-0.3, -0.25) is 9.48 Å². The van der Waals surface area contributed by atoms with Crippen molar-refractivity contribution >= 4 is 17.2 Å². The second-order valence-electron chi connectivity index (χ2n) is 6.58. The van der Waals surface area contributed by atoms with E-state index >= 15 is 0 Å². The number of nitrogens with one attached hydrogen (secondary N) is 1. The summed E-state index contributed by atoms with van der Waals surface area (Å²) in [5.41, 5.74) is 3.99. The number of hydrogen-bond donors (Lipinski definition) is 1. The minimum atomic E-state index is -0.0897. The standard InChI is InChI=1S/C19H23N5OS/c1-13-17(26-19(22-13)16-10-21-24(4)12-16)18(25)20-9-14-6-5-7-15(8-14)11-23(2)3/h5-8,10,12H,9,11H2,1-4H3,(H,20,25). The van der Waals surface area contributed by atoms with Crippen LogP contribution in [0.3, 0.4) is 0 Å². The van der Waals surface area contributed by atoms with Crippen molar-refractivity contribution in [2.24, 2.45) is 7.05 Å². The lowest BCUT2D eigenvalue weighted by atomic mass is 10.1. The van der Waals surface area contributed by atoms with Gasteiger partial charge in [-0.2, -0.15) is 5.10 Å². The van der Waals surface area contributed by atoms with Crippen LogP contribution in [0.25, 0.3) is 10.6 Å². The first-order valence-corrected chi connectivity index (χ1v) is 9.21. The monoisotopic (exact) mass is 369 g/mol. The summed E-state index contributed by atoms with van der Waals surface area (Å²) in [6.07, 6.45) is 3.66. The highest BCUT2D eigenvalue weighted by molar-refractivity contribution is 7.17. The third kappa shape index (κ3) is 4.36. The second-order valence-corrected chi connectivity index (χ2v) is 7.58. The van der Waals surface area contributed by atoms with Crippen molar-refractivity contribution < 1.29 is 4.79 Å². The number of hydrogen-bond acceptors (Lipinski definition) is 5. The van der Waals surface area contributed by atoms with Gasteiger partial charge in [0.25, 0.3) is 5.91 Å². The summed E-state index contributed by atoms with van der Waals surface area (Å²) < 4.78 is 1.73. The summed E-state index contributed by atoms with van der Waals surface area (Å²) in [5, 5.41) is 7.98. The molecule has 1 amide bonds. The molecule has 26 heavy (non-hydrogen) atoms. The SMILES string of the molecule is Cc1nc(-c2cnn(C)c2)sc1C(=O)NCc1cccc(CN(C)C)c1. The Morgan fingerprint density at radius 3 is 2.77 bits per heavy atom. The van der Waals surface area contributed by atoms with Gasteiger partial charge in [-0.05, 0) is 32.1 Å². The zero-order valence-corrected chi connectivity index (χ0v) is 16.3. The molecule has 3 aromatic rings. The maximum atomic E-state index is 12.6. The average Bonchev–Trinajstić information content (AvgIpc) is 3.18. The van der Waals surface area contributed by atoms with Gasteiger partial charge >= 0.3 is 0 Å². The topological polar surface area (TPSA) is 63.1 Å². The van der Waals surface area contributed by atoms with Crippen LogP contribution in [0.5, 0.6) is 0 Å². The van der Waals surface area contributed by atoms with Crippen molar-refractivity contribution in [3.8, 4) is 10.6 Å². The molecule has 0 spiro atoms. The van der Waals surface area contributed by atoms with Gasteiger partial charge in [-0.15, -0.1) is 11.3 Å².